The second-order valence-electron chi connectivity index (χ2n) is 7.06. The molecule has 0 aliphatic carbocycles. The lowest BCUT2D eigenvalue weighted by Gasteiger charge is -2.12. The summed E-state index contributed by atoms with van der Waals surface area (Å²) in [5.41, 5.74) is 3.43. The van der Waals surface area contributed by atoms with Crippen LogP contribution in [0.15, 0.2) is 73.2 Å². The molecule has 4 aromatic rings. The van der Waals surface area contributed by atoms with E-state index in [2.05, 4.69) is 31.7 Å². The topological polar surface area (TPSA) is 122 Å². The molecule has 0 aliphatic rings. The predicted octanol–water partition coefficient (Wildman–Crippen LogP) is 4.42. The molecule has 2 aromatic heterocycles. The molecule has 9 heteroatoms. The standard InChI is InChI=1S/C25H20N6O3/c1-33-21-13-19(29-24(32)16-5-8-27-9-6-16)12-20(14-21)30-25-28-10-7-22(31-25)17-3-4-23(34-2)18(11-17)15-26/h3-14H,1-2H3,(H,29,32)(H,28,30,31). The summed E-state index contributed by atoms with van der Waals surface area (Å²) in [6, 6.07) is 17.6. The SMILES string of the molecule is COc1cc(NC(=O)c2ccncc2)cc(Nc2nccc(-c3ccc(OC)c(C#N)c3)n2)c1. The molecule has 0 saturated carbocycles. The largest absolute Gasteiger partial charge is 0.497 e. The second-order valence-corrected chi connectivity index (χ2v) is 7.06. The Morgan fingerprint density at radius 1 is 0.941 bits per heavy atom. The number of hydrogen-bond acceptors (Lipinski definition) is 8. The summed E-state index contributed by atoms with van der Waals surface area (Å²) < 4.78 is 10.6. The van der Waals surface area contributed by atoms with Crippen molar-refractivity contribution in [3.05, 3.63) is 84.3 Å². The number of nitriles is 1. The number of ether oxygens (including phenoxy) is 2. The number of aromatic nitrogens is 3. The minimum absolute atomic E-state index is 0.271. The van der Waals surface area contributed by atoms with E-state index in [-0.39, 0.29) is 5.91 Å². The number of pyridine rings is 1. The molecule has 0 unspecified atom stereocenters. The Labute approximate surface area is 196 Å². The van der Waals surface area contributed by atoms with Crippen LogP contribution in [0.2, 0.25) is 0 Å². The average Bonchev–Trinajstić information content (AvgIpc) is 2.88. The molecular formula is C25H20N6O3. The highest BCUT2D eigenvalue weighted by Gasteiger charge is 2.11. The van der Waals surface area contributed by atoms with Crippen molar-refractivity contribution in [3.8, 4) is 28.8 Å². The van der Waals surface area contributed by atoms with Gasteiger partial charge in [0.25, 0.3) is 5.91 Å². The van der Waals surface area contributed by atoms with Crippen molar-refractivity contribution in [1.29, 1.82) is 5.26 Å². The zero-order valence-electron chi connectivity index (χ0n) is 18.4. The molecule has 0 atom stereocenters. The Morgan fingerprint density at radius 2 is 1.74 bits per heavy atom. The molecule has 168 valence electrons. The van der Waals surface area contributed by atoms with Crippen molar-refractivity contribution in [2.75, 3.05) is 24.9 Å². The van der Waals surface area contributed by atoms with Gasteiger partial charge in [-0.3, -0.25) is 9.78 Å². The molecule has 0 fully saturated rings. The van der Waals surface area contributed by atoms with Gasteiger partial charge in [0.1, 0.15) is 17.6 Å². The number of methoxy groups -OCH3 is 2. The first-order chi connectivity index (χ1) is 16.6. The third-order valence-electron chi connectivity index (χ3n) is 4.87. The first-order valence-corrected chi connectivity index (χ1v) is 10.2. The molecular weight excluding hydrogens is 432 g/mol. The van der Waals surface area contributed by atoms with Crippen molar-refractivity contribution in [2.24, 2.45) is 0 Å². The number of rotatable bonds is 7. The van der Waals surface area contributed by atoms with E-state index in [1.165, 1.54) is 7.11 Å². The van der Waals surface area contributed by atoms with Crippen LogP contribution in [0, 0.1) is 11.3 Å². The number of anilines is 3. The number of carbonyl (C=O) groups is 1. The first-order valence-electron chi connectivity index (χ1n) is 10.2. The number of hydrogen-bond donors (Lipinski definition) is 2. The third-order valence-corrected chi connectivity index (χ3v) is 4.87. The first kappa shape index (κ1) is 22.2. The zero-order valence-corrected chi connectivity index (χ0v) is 18.4. The van der Waals surface area contributed by atoms with Gasteiger partial charge in [-0.1, -0.05) is 0 Å². The fourth-order valence-electron chi connectivity index (χ4n) is 3.23. The monoisotopic (exact) mass is 452 g/mol. The van der Waals surface area contributed by atoms with Crippen molar-refractivity contribution in [1.82, 2.24) is 15.0 Å². The van der Waals surface area contributed by atoms with Crippen LogP contribution in [0.5, 0.6) is 11.5 Å². The van der Waals surface area contributed by atoms with E-state index in [0.29, 0.717) is 45.6 Å². The Bertz CT molecular complexity index is 1370. The fraction of sp³-hybridized carbons (Fsp3) is 0.0800. The minimum Gasteiger partial charge on any atom is -0.497 e. The van der Waals surface area contributed by atoms with Gasteiger partial charge in [0.15, 0.2) is 0 Å². The van der Waals surface area contributed by atoms with Crippen molar-refractivity contribution < 1.29 is 14.3 Å². The summed E-state index contributed by atoms with van der Waals surface area (Å²) in [5.74, 6) is 1.11. The number of benzene rings is 2. The highest BCUT2D eigenvalue weighted by atomic mass is 16.5. The van der Waals surface area contributed by atoms with E-state index in [4.69, 9.17) is 9.47 Å². The highest BCUT2D eigenvalue weighted by molar-refractivity contribution is 6.04. The lowest BCUT2D eigenvalue weighted by atomic mass is 10.1. The number of carbonyl (C=O) groups excluding carboxylic acids is 1. The molecule has 0 saturated heterocycles. The Hall–Kier alpha value is -4.97. The van der Waals surface area contributed by atoms with Crippen LogP contribution >= 0.6 is 0 Å². The van der Waals surface area contributed by atoms with Gasteiger partial charge in [0, 0.05) is 53.2 Å². The molecule has 4 rings (SSSR count). The minimum atomic E-state index is -0.271. The lowest BCUT2D eigenvalue weighted by Crippen LogP contribution is -2.12. The van der Waals surface area contributed by atoms with Crippen LogP contribution in [-0.2, 0) is 0 Å². The summed E-state index contributed by atoms with van der Waals surface area (Å²) >= 11 is 0. The summed E-state index contributed by atoms with van der Waals surface area (Å²) in [7, 11) is 3.06. The van der Waals surface area contributed by atoms with E-state index in [1.54, 1.807) is 74.2 Å². The van der Waals surface area contributed by atoms with Crippen molar-refractivity contribution in [3.63, 3.8) is 0 Å². The molecule has 9 nitrogen and oxygen atoms in total. The molecule has 1 amide bonds. The van der Waals surface area contributed by atoms with Crippen LogP contribution in [0.3, 0.4) is 0 Å². The molecule has 2 N–H and O–H groups in total. The van der Waals surface area contributed by atoms with Gasteiger partial charge in [-0.25, -0.2) is 9.97 Å². The van der Waals surface area contributed by atoms with Gasteiger partial charge in [-0.05, 0) is 42.5 Å². The molecule has 0 bridgehead atoms. The Kier molecular flexibility index (Phi) is 6.60. The maximum Gasteiger partial charge on any atom is 0.255 e. The Balaban J connectivity index is 1.59. The summed E-state index contributed by atoms with van der Waals surface area (Å²) in [5, 5.41) is 15.4. The van der Waals surface area contributed by atoms with Crippen LogP contribution in [0.4, 0.5) is 17.3 Å². The van der Waals surface area contributed by atoms with Crippen LogP contribution < -0.4 is 20.1 Å². The van der Waals surface area contributed by atoms with Gasteiger partial charge >= 0.3 is 0 Å². The van der Waals surface area contributed by atoms with E-state index < -0.39 is 0 Å². The number of amides is 1. The van der Waals surface area contributed by atoms with Crippen molar-refractivity contribution in [2.45, 2.75) is 0 Å². The summed E-state index contributed by atoms with van der Waals surface area (Å²) in [4.78, 5) is 25.3. The normalized spacial score (nSPS) is 10.1. The van der Waals surface area contributed by atoms with E-state index in [1.807, 2.05) is 6.07 Å². The highest BCUT2D eigenvalue weighted by Crippen LogP contribution is 2.28. The molecule has 2 aromatic carbocycles. The maximum atomic E-state index is 12.5. The smallest absolute Gasteiger partial charge is 0.255 e. The summed E-state index contributed by atoms with van der Waals surface area (Å²) in [6.07, 6.45) is 4.73. The van der Waals surface area contributed by atoms with Crippen molar-refractivity contribution >= 4 is 23.2 Å². The third kappa shape index (κ3) is 5.08. The predicted molar refractivity (Wildman–Crippen MR) is 127 cm³/mol. The number of nitrogens with one attached hydrogen (secondary N) is 2. The van der Waals surface area contributed by atoms with Gasteiger partial charge in [0.2, 0.25) is 5.95 Å². The van der Waals surface area contributed by atoms with Gasteiger partial charge in [0.05, 0.1) is 25.5 Å². The summed E-state index contributed by atoms with van der Waals surface area (Å²) in [6.45, 7) is 0. The van der Waals surface area contributed by atoms with E-state index in [0.717, 1.165) is 5.56 Å². The molecule has 0 aliphatic heterocycles. The van der Waals surface area contributed by atoms with E-state index >= 15 is 0 Å². The second kappa shape index (κ2) is 10.1. The quantitative estimate of drug-likeness (QED) is 0.422. The Morgan fingerprint density at radius 3 is 2.47 bits per heavy atom. The van der Waals surface area contributed by atoms with Crippen LogP contribution in [-0.4, -0.2) is 35.1 Å². The fourth-order valence-corrected chi connectivity index (χ4v) is 3.23. The van der Waals surface area contributed by atoms with Gasteiger partial charge in [-0.15, -0.1) is 0 Å². The molecule has 0 spiro atoms. The van der Waals surface area contributed by atoms with Gasteiger partial charge < -0.3 is 20.1 Å². The maximum absolute atomic E-state index is 12.5. The molecule has 0 radical (unpaired) electrons. The number of nitrogens with zero attached hydrogens (tertiary/aromatic N) is 4. The zero-order chi connectivity index (χ0) is 23.9. The van der Waals surface area contributed by atoms with E-state index in [9.17, 15) is 10.1 Å². The molecule has 34 heavy (non-hydrogen) atoms. The van der Waals surface area contributed by atoms with Gasteiger partial charge in [-0.2, -0.15) is 5.26 Å². The van der Waals surface area contributed by atoms with Crippen LogP contribution in [0.25, 0.3) is 11.3 Å². The molecule has 2 heterocycles. The average molecular weight is 452 g/mol. The van der Waals surface area contributed by atoms with Crippen LogP contribution in [0.1, 0.15) is 15.9 Å². The lowest BCUT2D eigenvalue weighted by molar-refractivity contribution is 0.102.